The van der Waals surface area contributed by atoms with Crippen LogP contribution >= 0.6 is 0 Å². The Morgan fingerprint density at radius 3 is 2.18 bits per heavy atom. The van der Waals surface area contributed by atoms with E-state index in [1.165, 1.54) is 0 Å². The van der Waals surface area contributed by atoms with E-state index in [1.807, 2.05) is 6.92 Å². The van der Waals surface area contributed by atoms with Crippen molar-refractivity contribution in [1.82, 2.24) is 4.98 Å². The molecule has 2 aromatic carbocycles. The van der Waals surface area contributed by atoms with Crippen LogP contribution in [-0.2, 0) is 18.8 Å². The number of ether oxygens (including phenoxy) is 1. The van der Waals surface area contributed by atoms with E-state index in [4.69, 9.17) is 10.5 Å². The lowest BCUT2D eigenvalue weighted by molar-refractivity contribution is -0.142. The molecule has 0 aliphatic carbocycles. The number of H-pyrrole nitrogens is 1. The van der Waals surface area contributed by atoms with E-state index in [0.717, 1.165) is 18.9 Å². The maximum atomic E-state index is 13.8. The molecule has 0 aliphatic heterocycles. The number of aryl methyl sites for hydroxylation is 1. The van der Waals surface area contributed by atoms with E-state index < -0.39 is 23.5 Å². The summed E-state index contributed by atoms with van der Waals surface area (Å²) in [6.07, 6.45) is -6.66. The fraction of sp³-hybridized carbons (Fsp3) is 0.417. The van der Waals surface area contributed by atoms with Crippen molar-refractivity contribution in [3.05, 3.63) is 53.1 Å². The van der Waals surface area contributed by atoms with E-state index in [1.54, 1.807) is 24.3 Å². The molecule has 0 unspecified atom stereocenters. The molecule has 3 rings (SSSR count). The Hall–Kier alpha value is -2.68. The number of alkyl halides is 6. The standard InChI is InChI=1S/C24H26F6N2O/c1-2-3-12-33-17-9-7-15(8-10-17)22-18(6-4-5-11-31)21-19(24(28,29)30)13-16(23(25,26)27)14-20(21)32-22/h7-10,13-14,32H,2-6,11-12,31H2,1H3. The summed E-state index contributed by atoms with van der Waals surface area (Å²) in [7, 11) is 0. The number of halogens is 6. The van der Waals surface area contributed by atoms with Crippen molar-refractivity contribution in [3.63, 3.8) is 0 Å². The van der Waals surface area contributed by atoms with Crippen molar-refractivity contribution in [2.24, 2.45) is 5.73 Å². The van der Waals surface area contributed by atoms with Crippen LogP contribution in [0.2, 0.25) is 0 Å². The zero-order valence-electron chi connectivity index (χ0n) is 18.2. The van der Waals surface area contributed by atoms with Gasteiger partial charge in [-0.1, -0.05) is 13.3 Å². The van der Waals surface area contributed by atoms with E-state index in [0.29, 0.717) is 48.6 Å². The van der Waals surface area contributed by atoms with Crippen molar-refractivity contribution in [3.8, 4) is 17.0 Å². The number of aromatic nitrogens is 1. The molecule has 0 saturated heterocycles. The minimum atomic E-state index is -4.95. The van der Waals surface area contributed by atoms with E-state index in [9.17, 15) is 26.3 Å². The van der Waals surface area contributed by atoms with Crippen LogP contribution in [-0.4, -0.2) is 18.1 Å². The molecule has 0 aliphatic rings. The molecule has 0 saturated carbocycles. The molecule has 0 spiro atoms. The fourth-order valence-electron chi connectivity index (χ4n) is 3.78. The van der Waals surface area contributed by atoms with Gasteiger partial charge in [0.25, 0.3) is 0 Å². The molecule has 3 nitrogen and oxygen atoms in total. The van der Waals surface area contributed by atoms with Gasteiger partial charge in [-0.25, -0.2) is 0 Å². The molecule has 0 amide bonds. The van der Waals surface area contributed by atoms with Gasteiger partial charge in [-0.05, 0) is 79.8 Å². The van der Waals surface area contributed by atoms with Gasteiger partial charge in [0.05, 0.1) is 17.7 Å². The molecular formula is C24H26F6N2O. The topological polar surface area (TPSA) is 51.0 Å². The summed E-state index contributed by atoms with van der Waals surface area (Å²) in [5.74, 6) is 0.614. The van der Waals surface area contributed by atoms with Crippen LogP contribution in [0.1, 0.15) is 49.3 Å². The monoisotopic (exact) mass is 472 g/mol. The Morgan fingerprint density at radius 1 is 0.909 bits per heavy atom. The van der Waals surface area contributed by atoms with Gasteiger partial charge in [-0.2, -0.15) is 26.3 Å². The van der Waals surface area contributed by atoms with E-state index in [-0.39, 0.29) is 23.4 Å². The lowest BCUT2D eigenvalue weighted by atomic mass is 9.96. The van der Waals surface area contributed by atoms with Crippen LogP contribution in [0.3, 0.4) is 0 Å². The Kier molecular flexibility index (Phi) is 7.62. The van der Waals surface area contributed by atoms with Crippen LogP contribution in [0.4, 0.5) is 26.3 Å². The highest BCUT2D eigenvalue weighted by Gasteiger charge is 2.39. The number of nitrogens with two attached hydrogens (primary N) is 1. The van der Waals surface area contributed by atoms with E-state index >= 15 is 0 Å². The summed E-state index contributed by atoms with van der Waals surface area (Å²) in [5, 5.41) is -0.231. The molecule has 0 fully saturated rings. The quantitative estimate of drug-likeness (QED) is 0.253. The maximum absolute atomic E-state index is 13.8. The van der Waals surface area contributed by atoms with Crippen LogP contribution < -0.4 is 10.5 Å². The zero-order valence-corrected chi connectivity index (χ0v) is 18.2. The third-order valence-electron chi connectivity index (χ3n) is 5.42. The number of unbranched alkanes of at least 4 members (excludes halogenated alkanes) is 2. The molecule has 0 bridgehead atoms. The summed E-state index contributed by atoms with van der Waals surface area (Å²) >= 11 is 0. The number of nitrogens with one attached hydrogen (secondary N) is 1. The summed E-state index contributed by atoms with van der Waals surface area (Å²) < 4.78 is 87.1. The van der Waals surface area contributed by atoms with Gasteiger partial charge in [0.15, 0.2) is 0 Å². The number of aromatic amines is 1. The first-order valence-corrected chi connectivity index (χ1v) is 10.8. The van der Waals surface area contributed by atoms with Crippen LogP contribution in [0.15, 0.2) is 36.4 Å². The summed E-state index contributed by atoms with van der Waals surface area (Å²) in [5.41, 5.74) is 3.97. The number of rotatable bonds is 9. The molecule has 33 heavy (non-hydrogen) atoms. The Labute approximate surface area is 187 Å². The highest BCUT2D eigenvalue weighted by molar-refractivity contribution is 5.94. The molecule has 1 heterocycles. The lowest BCUT2D eigenvalue weighted by Crippen LogP contribution is -2.11. The minimum Gasteiger partial charge on any atom is -0.494 e. The van der Waals surface area contributed by atoms with Gasteiger partial charge in [0.1, 0.15) is 5.75 Å². The second-order valence-corrected chi connectivity index (χ2v) is 7.89. The highest BCUT2D eigenvalue weighted by atomic mass is 19.4. The molecule has 0 atom stereocenters. The van der Waals surface area contributed by atoms with E-state index in [2.05, 4.69) is 4.98 Å². The van der Waals surface area contributed by atoms with Crippen molar-refractivity contribution in [2.75, 3.05) is 13.2 Å². The summed E-state index contributed by atoms with van der Waals surface area (Å²) in [4.78, 5) is 2.83. The lowest BCUT2D eigenvalue weighted by Gasteiger charge is -2.14. The first-order chi connectivity index (χ1) is 15.6. The third kappa shape index (κ3) is 5.82. The number of benzene rings is 2. The average Bonchev–Trinajstić information content (AvgIpc) is 3.11. The third-order valence-corrected chi connectivity index (χ3v) is 5.42. The van der Waals surface area contributed by atoms with Crippen LogP contribution in [0.25, 0.3) is 22.2 Å². The smallest absolute Gasteiger partial charge is 0.417 e. The van der Waals surface area contributed by atoms with Crippen LogP contribution in [0.5, 0.6) is 5.75 Å². The second-order valence-electron chi connectivity index (χ2n) is 7.89. The van der Waals surface area contributed by atoms with Crippen LogP contribution in [0, 0.1) is 0 Å². The first-order valence-electron chi connectivity index (χ1n) is 10.8. The molecule has 0 radical (unpaired) electrons. The van der Waals surface area contributed by atoms with Gasteiger partial charge < -0.3 is 15.5 Å². The Balaban J connectivity index is 2.16. The van der Waals surface area contributed by atoms with Crippen molar-refractivity contribution < 1.29 is 31.1 Å². The van der Waals surface area contributed by atoms with Gasteiger partial charge >= 0.3 is 12.4 Å². The molecule has 1 aromatic heterocycles. The molecule has 3 N–H and O–H groups in total. The highest BCUT2D eigenvalue weighted by Crippen LogP contribution is 2.44. The number of hydrogen-bond acceptors (Lipinski definition) is 2. The van der Waals surface area contributed by atoms with Crippen molar-refractivity contribution in [2.45, 2.75) is 51.4 Å². The molecule has 9 heteroatoms. The summed E-state index contributed by atoms with van der Waals surface area (Å²) in [6, 6.07) is 7.71. The normalized spacial score (nSPS) is 12.5. The van der Waals surface area contributed by atoms with Gasteiger partial charge in [-0.3, -0.25) is 0 Å². The van der Waals surface area contributed by atoms with Crippen molar-refractivity contribution in [1.29, 1.82) is 0 Å². The Morgan fingerprint density at radius 2 is 1.61 bits per heavy atom. The number of fused-ring (bicyclic) bond motifs is 1. The Bertz CT molecular complexity index is 1070. The average molecular weight is 472 g/mol. The summed E-state index contributed by atoms with van der Waals surface area (Å²) in [6.45, 7) is 2.95. The maximum Gasteiger partial charge on any atom is 0.417 e. The molecule has 180 valence electrons. The largest absolute Gasteiger partial charge is 0.494 e. The predicted molar refractivity (Wildman–Crippen MR) is 116 cm³/mol. The van der Waals surface area contributed by atoms with Gasteiger partial charge in [0.2, 0.25) is 0 Å². The second kappa shape index (κ2) is 10.1. The number of hydrogen-bond donors (Lipinski definition) is 2. The fourth-order valence-corrected chi connectivity index (χ4v) is 3.78. The zero-order chi connectivity index (χ0) is 24.2. The first kappa shape index (κ1) is 25.0. The SMILES string of the molecule is CCCCOc1ccc(-c2[nH]c3cc(C(F)(F)F)cc(C(F)(F)F)c3c2CCCCN)cc1. The molecule has 3 aromatic rings. The minimum absolute atomic E-state index is 0.192. The van der Waals surface area contributed by atoms with Gasteiger partial charge in [-0.15, -0.1) is 0 Å². The molecular weight excluding hydrogens is 446 g/mol. The predicted octanol–water partition coefficient (Wildman–Crippen LogP) is 7.33. The van der Waals surface area contributed by atoms with Gasteiger partial charge in [0, 0.05) is 16.6 Å². The van der Waals surface area contributed by atoms with Crippen molar-refractivity contribution >= 4 is 10.9 Å².